The average molecular weight is 327 g/mol. The lowest BCUT2D eigenvalue weighted by Gasteiger charge is -2.34. The number of aromatic nitrogens is 2. The number of anilines is 3. The second-order valence-corrected chi connectivity index (χ2v) is 5.75. The molecule has 1 aliphatic rings. The molecule has 128 valence electrons. The summed E-state index contributed by atoms with van der Waals surface area (Å²) < 4.78 is 5.46. The van der Waals surface area contributed by atoms with Crippen LogP contribution in [0.1, 0.15) is 13.8 Å². The van der Waals surface area contributed by atoms with E-state index >= 15 is 0 Å². The van der Waals surface area contributed by atoms with Crippen LogP contribution in [-0.4, -0.2) is 54.2 Å². The van der Waals surface area contributed by atoms with Crippen LogP contribution < -0.4 is 15.0 Å². The highest BCUT2D eigenvalue weighted by molar-refractivity contribution is 5.58. The van der Waals surface area contributed by atoms with Crippen LogP contribution in [0.4, 0.5) is 17.5 Å². The first kappa shape index (κ1) is 16.5. The molecule has 1 saturated heterocycles. The summed E-state index contributed by atoms with van der Waals surface area (Å²) in [5.74, 6) is 2.48. The van der Waals surface area contributed by atoms with Crippen molar-refractivity contribution < 1.29 is 4.74 Å². The van der Waals surface area contributed by atoms with Crippen molar-refractivity contribution in [2.24, 2.45) is 0 Å². The van der Waals surface area contributed by atoms with Crippen molar-refractivity contribution in [3.8, 4) is 5.75 Å². The zero-order chi connectivity index (χ0) is 16.8. The molecule has 0 amide bonds. The lowest BCUT2D eigenvalue weighted by Crippen LogP contribution is -2.46. The minimum Gasteiger partial charge on any atom is -0.494 e. The predicted octanol–water partition coefficient (Wildman–Crippen LogP) is 2.76. The number of nitrogens with one attached hydrogen (secondary N) is 1. The van der Waals surface area contributed by atoms with Gasteiger partial charge in [0.1, 0.15) is 11.6 Å². The van der Waals surface area contributed by atoms with E-state index in [0.29, 0.717) is 6.61 Å². The quantitative estimate of drug-likeness (QED) is 0.880. The van der Waals surface area contributed by atoms with Crippen LogP contribution in [0.25, 0.3) is 0 Å². The summed E-state index contributed by atoms with van der Waals surface area (Å²) in [5.41, 5.74) is 0.985. The molecule has 3 rings (SSSR count). The topological polar surface area (TPSA) is 53.5 Å². The molecule has 0 aliphatic carbocycles. The molecule has 0 radical (unpaired) electrons. The van der Waals surface area contributed by atoms with Gasteiger partial charge in [-0.05, 0) is 43.8 Å². The van der Waals surface area contributed by atoms with Gasteiger partial charge in [-0.15, -0.1) is 0 Å². The van der Waals surface area contributed by atoms with E-state index < -0.39 is 0 Å². The van der Waals surface area contributed by atoms with E-state index in [0.717, 1.165) is 55.9 Å². The second kappa shape index (κ2) is 7.97. The Balaban J connectivity index is 1.65. The maximum absolute atomic E-state index is 5.46. The van der Waals surface area contributed by atoms with Crippen molar-refractivity contribution in [3.63, 3.8) is 0 Å². The monoisotopic (exact) mass is 327 g/mol. The van der Waals surface area contributed by atoms with Gasteiger partial charge >= 0.3 is 0 Å². The van der Waals surface area contributed by atoms with Gasteiger partial charge in [-0.25, -0.2) is 4.98 Å². The Labute approximate surface area is 143 Å². The fraction of sp³-hybridized carbons (Fsp3) is 0.444. The number of piperazine rings is 1. The fourth-order valence-corrected chi connectivity index (χ4v) is 2.78. The molecule has 1 fully saturated rings. The van der Waals surface area contributed by atoms with Crippen molar-refractivity contribution >= 4 is 17.5 Å². The van der Waals surface area contributed by atoms with E-state index in [1.807, 2.05) is 43.5 Å². The third-order valence-corrected chi connectivity index (χ3v) is 4.18. The number of nitrogens with zero attached hydrogens (tertiary/aromatic N) is 4. The lowest BCUT2D eigenvalue weighted by molar-refractivity contribution is 0.270. The minimum atomic E-state index is 0.674. The highest BCUT2D eigenvalue weighted by Crippen LogP contribution is 2.20. The van der Waals surface area contributed by atoms with Crippen LogP contribution in [0.3, 0.4) is 0 Å². The summed E-state index contributed by atoms with van der Waals surface area (Å²) in [7, 11) is 0. The molecule has 0 saturated carbocycles. The number of hydrogen-bond acceptors (Lipinski definition) is 6. The number of likely N-dealkylation sites (N-methyl/N-ethyl adjacent to an activating group) is 1. The molecular weight excluding hydrogens is 302 g/mol. The minimum absolute atomic E-state index is 0.674. The largest absolute Gasteiger partial charge is 0.494 e. The van der Waals surface area contributed by atoms with Gasteiger partial charge in [0.05, 0.1) is 6.61 Å². The van der Waals surface area contributed by atoms with Gasteiger partial charge < -0.3 is 19.9 Å². The molecule has 6 nitrogen and oxygen atoms in total. The summed E-state index contributed by atoms with van der Waals surface area (Å²) in [6.07, 6.45) is 1.81. The Hall–Kier alpha value is -2.34. The van der Waals surface area contributed by atoms with Gasteiger partial charge in [0, 0.05) is 38.1 Å². The molecule has 24 heavy (non-hydrogen) atoms. The van der Waals surface area contributed by atoms with Crippen LogP contribution in [-0.2, 0) is 0 Å². The lowest BCUT2D eigenvalue weighted by atomic mass is 10.3. The van der Waals surface area contributed by atoms with Crippen molar-refractivity contribution in [2.75, 3.05) is 49.5 Å². The van der Waals surface area contributed by atoms with Gasteiger partial charge in [0.25, 0.3) is 0 Å². The number of rotatable bonds is 6. The summed E-state index contributed by atoms with van der Waals surface area (Å²) in [6, 6.07) is 9.79. The molecule has 1 N–H and O–H groups in total. The van der Waals surface area contributed by atoms with Crippen LogP contribution in [0.5, 0.6) is 5.75 Å². The van der Waals surface area contributed by atoms with E-state index in [1.54, 1.807) is 0 Å². The van der Waals surface area contributed by atoms with Crippen molar-refractivity contribution in [1.82, 2.24) is 14.9 Å². The van der Waals surface area contributed by atoms with Gasteiger partial charge in [-0.3, -0.25) is 0 Å². The molecule has 0 atom stereocenters. The van der Waals surface area contributed by atoms with Gasteiger partial charge in [-0.1, -0.05) is 6.92 Å². The van der Waals surface area contributed by atoms with Gasteiger partial charge in [0.15, 0.2) is 0 Å². The zero-order valence-corrected chi connectivity index (χ0v) is 14.4. The zero-order valence-electron chi connectivity index (χ0n) is 14.4. The molecular formula is C18H25N5O. The van der Waals surface area contributed by atoms with Crippen molar-refractivity contribution in [2.45, 2.75) is 13.8 Å². The molecule has 2 aromatic rings. The highest BCUT2D eigenvalue weighted by atomic mass is 16.5. The van der Waals surface area contributed by atoms with E-state index in [2.05, 4.69) is 32.0 Å². The van der Waals surface area contributed by atoms with Crippen LogP contribution in [0.15, 0.2) is 36.5 Å². The Morgan fingerprint density at radius 3 is 2.46 bits per heavy atom. The number of hydrogen-bond donors (Lipinski definition) is 1. The fourth-order valence-electron chi connectivity index (χ4n) is 2.78. The first-order valence-electron chi connectivity index (χ1n) is 8.58. The molecule has 6 heteroatoms. The summed E-state index contributed by atoms with van der Waals surface area (Å²) in [5, 5.41) is 3.33. The van der Waals surface area contributed by atoms with Gasteiger partial charge in [-0.2, -0.15) is 4.98 Å². The van der Waals surface area contributed by atoms with Crippen molar-refractivity contribution in [3.05, 3.63) is 36.5 Å². The van der Waals surface area contributed by atoms with E-state index in [-0.39, 0.29) is 0 Å². The number of ether oxygens (including phenoxy) is 1. The molecule has 1 aromatic carbocycles. The van der Waals surface area contributed by atoms with Gasteiger partial charge in [0.2, 0.25) is 5.95 Å². The Bertz CT molecular complexity index is 638. The first-order chi connectivity index (χ1) is 11.8. The first-order valence-corrected chi connectivity index (χ1v) is 8.58. The summed E-state index contributed by atoms with van der Waals surface area (Å²) in [6.45, 7) is 10.0. The van der Waals surface area contributed by atoms with E-state index in [1.165, 1.54) is 0 Å². The molecule has 2 heterocycles. The number of benzene rings is 1. The summed E-state index contributed by atoms with van der Waals surface area (Å²) in [4.78, 5) is 13.8. The SMILES string of the molecule is CCOc1ccc(Nc2ccnc(N3CCN(CC)CC3)n2)cc1. The van der Waals surface area contributed by atoms with Crippen LogP contribution in [0, 0.1) is 0 Å². The van der Waals surface area contributed by atoms with Crippen molar-refractivity contribution in [1.29, 1.82) is 0 Å². The second-order valence-electron chi connectivity index (χ2n) is 5.75. The highest BCUT2D eigenvalue weighted by Gasteiger charge is 2.17. The molecule has 0 unspecified atom stereocenters. The maximum Gasteiger partial charge on any atom is 0.227 e. The average Bonchev–Trinajstić information content (AvgIpc) is 2.64. The molecule has 1 aliphatic heterocycles. The normalized spacial score (nSPS) is 15.3. The Kier molecular flexibility index (Phi) is 5.48. The van der Waals surface area contributed by atoms with Crippen LogP contribution in [0.2, 0.25) is 0 Å². The smallest absolute Gasteiger partial charge is 0.227 e. The van der Waals surface area contributed by atoms with E-state index in [9.17, 15) is 0 Å². The third kappa shape index (κ3) is 4.14. The molecule has 0 bridgehead atoms. The maximum atomic E-state index is 5.46. The standard InChI is InChI=1S/C18H25N5O/c1-3-22-11-13-23(14-12-22)18-19-10-9-17(21-18)20-15-5-7-16(8-6-15)24-4-2/h5-10H,3-4,11-14H2,1-2H3,(H,19,20,21). The molecule has 0 spiro atoms. The van der Waals surface area contributed by atoms with Crippen LogP contribution >= 0.6 is 0 Å². The Morgan fingerprint density at radius 1 is 1.04 bits per heavy atom. The van der Waals surface area contributed by atoms with E-state index in [4.69, 9.17) is 4.74 Å². The predicted molar refractivity (Wildman–Crippen MR) is 97.3 cm³/mol. The Morgan fingerprint density at radius 2 is 1.79 bits per heavy atom. The third-order valence-electron chi connectivity index (χ3n) is 4.18. The summed E-state index contributed by atoms with van der Waals surface area (Å²) >= 11 is 0. The molecule has 1 aromatic heterocycles.